The Morgan fingerprint density at radius 3 is 2.88 bits per heavy atom. The zero-order valence-corrected chi connectivity index (χ0v) is 13.3. The number of rotatable bonds is 2. The molecule has 2 fully saturated rings. The SMILES string of the molecule is O=C(O)c1cc2c([nH]1)-c1ccncc1OC21CCN(C2CC2)CC1. The molecule has 0 bridgehead atoms. The van der Waals surface area contributed by atoms with Crippen LogP contribution in [0.25, 0.3) is 11.3 Å². The minimum absolute atomic E-state index is 0.220. The second-order valence-corrected chi connectivity index (χ2v) is 7.01. The van der Waals surface area contributed by atoms with Crippen molar-refractivity contribution in [3.63, 3.8) is 0 Å². The van der Waals surface area contributed by atoms with Gasteiger partial charge in [0.25, 0.3) is 0 Å². The maximum atomic E-state index is 11.5. The fraction of sp³-hybridized carbons (Fsp3) is 0.444. The third-order valence-electron chi connectivity index (χ3n) is 5.57. The maximum absolute atomic E-state index is 11.5. The normalized spacial score (nSPS) is 21.8. The second kappa shape index (κ2) is 4.83. The van der Waals surface area contributed by atoms with Crippen LogP contribution in [0.3, 0.4) is 0 Å². The van der Waals surface area contributed by atoms with Gasteiger partial charge in [0.1, 0.15) is 17.0 Å². The Morgan fingerprint density at radius 2 is 2.17 bits per heavy atom. The van der Waals surface area contributed by atoms with Crippen molar-refractivity contribution in [1.82, 2.24) is 14.9 Å². The van der Waals surface area contributed by atoms with Gasteiger partial charge in [-0.3, -0.25) is 4.98 Å². The van der Waals surface area contributed by atoms with Gasteiger partial charge in [-0.05, 0) is 25.0 Å². The predicted octanol–water partition coefficient (Wildman–Crippen LogP) is 2.62. The number of aromatic amines is 1. The molecule has 5 rings (SSSR count). The highest BCUT2D eigenvalue weighted by Crippen LogP contribution is 2.50. The molecule has 1 saturated carbocycles. The third-order valence-corrected chi connectivity index (χ3v) is 5.57. The predicted molar refractivity (Wildman–Crippen MR) is 87.1 cm³/mol. The Hall–Kier alpha value is -2.34. The van der Waals surface area contributed by atoms with Gasteiger partial charge in [0.15, 0.2) is 0 Å². The molecule has 6 nitrogen and oxygen atoms in total. The van der Waals surface area contributed by atoms with Gasteiger partial charge in [-0.1, -0.05) is 0 Å². The lowest BCUT2D eigenvalue weighted by atomic mass is 9.81. The first-order valence-electron chi connectivity index (χ1n) is 8.50. The van der Waals surface area contributed by atoms with Gasteiger partial charge >= 0.3 is 5.97 Å². The molecule has 2 aromatic rings. The standard InChI is InChI=1S/C18H19N3O3/c22-17(23)14-9-13-16(20-14)12-3-6-19-10-15(12)24-18(13)4-7-21(8-5-18)11-1-2-11/h3,6,9-11,20H,1-2,4-5,7-8H2,(H,22,23). The van der Waals surface area contributed by atoms with Crippen molar-refractivity contribution in [2.75, 3.05) is 13.1 Å². The number of carboxylic acid groups (broad SMARTS) is 1. The Balaban J connectivity index is 1.59. The van der Waals surface area contributed by atoms with Crippen LogP contribution in [0.15, 0.2) is 24.5 Å². The van der Waals surface area contributed by atoms with Crippen molar-refractivity contribution >= 4 is 5.97 Å². The van der Waals surface area contributed by atoms with Crippen LogP contribution in [0.1, 0.15) is 41.7 Å². The van der Waals surface area contributed by atoms with Gasteiger partial charge in [0.05, 0.1) is 11.9 Å². The molecular weight excluding hydrogens is 306 g/mol. The lowest BCUT2D eigenvalue weighted by Gasteiger charge is -2.44. The minimum Gasteiger partial charge on any atom is -0.480 e. The first-order valence-corrected chi connectivity index (χ1v) is 8.50. The number of hydrogen-bond donors (Lipinski definition) is 2. The number of ether oxygens (including phenoxy) is 1. The van der Waals surface area contributed by atoms with E-state index in [2.05, 4.69) is 14.9 Å². The highest BCUT2D eigenvalue weighted by Gasteiger charge is 2.46. The van der Waals surface area contributed by atoms with Gasteiger partial charge in [0.2, 0.25) is 0 Å². The largest absolute Gasteiger partial charge is 0.480 e. The molecular formula is C18H19N3O3. The summed E-state index contributed by atoms with van der Waals surface area (Å²) < 4.78 is 6.43. The number of likely N-dealkylation sites (tertiary alicyclic amines) is 1. The minimum atomic E-state index is -0.939. The van der Waals surface area contributed by atoms with E-state index in [1.807, 2.05) is 6.07 Å². The fourth-order valence-electron chi connectivity index (χ4n) is 4.14. The number of carboxylic acids is 1. The van der Waals surface area contributed by atoms with Crippen molar-refractivity contribution in [3.8, 4) is 17.0 Å². The van der Waals surface area contributed by atoms with Crippen LogP contribution < -0.4 is 4.74 Å². The molecule has 0 aromatic carbocycles. The summed E-state index contributed by atoms with van der Waals surface area (Å²) in [5.41, 5.74) is 2.52. The van der Waals surface area contributed by atoms with Gasteiger partial charge < -0.3 is 19.7 Å². The number of carbonyl (C=O) groups is 1. The first-order chi connectivity index (χ1) is 11.7. The topological polar surface area (TPSA) is 78.4 Å². The number of aromatic nitrogens is 2. The molecule has 1 aliphatic carbocycles. The molecule has 1 spiro atoms. The van der Waals surface area contributed by atoms with Gasteiger partial charge in [0, 0.05) is 49.3 Å². The van der Waals surface area contributed by atoms with E-state index in [-0.39, 0.29) is 5.69 Å². The zero-order chi connectivity index (χ0) is 16.3. The van der Waals surface area contributed by atoms with Crippen molar-refractivity contribution in [1.29, 1.82) is 0 Å². The molecule has 2 aliphatic heterocycles. The molecule has 0 amide bonds. The Labute approximate surface area is 139 Å². The average molecular weight is 325 g/mol. The van der Waals surface area contributed by atoms with Crippen molar-refractivity contribution < 1.29 is 14.6 Å². The van der Waals surface area contributed by atoms with Crippen LogP contribution in [0, 0.1) is 0 Å². The Morgan fingerprint density at radius 1 is 1.38 bits per heavy atom. The van der Waals surface area contributed by atoms with Crippen LogP contribution in [0.2, 0.25) is 0 Å². The first kappa shape index (κ1) is 14.0. The third kappa shape index (κ3) is 1.99. The number of aromatic carboxylic acids is 1. The molecule has 1 saturated heterocycles. The highest BCUT2D eigenvalue weighted by atomic mass is 16.5. The van der Waals surface area contributed by atoms with E-state index in [9.17, 15) is 9.90 Å². The summed E-state index contributed by atoms with van der Waals surface area (Å²) in [5.74, 6) is -0.200. The quantitative estimate of drug-likeness (QED) is 0.887. The van der Waals surface area contributed by atoms with Gasteiger partial charge in [-0.25, -0.2) is 4.79 Å². The molecule has 2 N–H and O–H groups in total. The Kier molecular flexibility index (Phi) is 2.83. The summed E-state index contributed by atoms with van der Waals surface area (Å²) in [6.45, 7) is 1.99. The molecule has 0 unspecified atom stereocenters. The zero-order valence-electron chi connectivity index (χ0n) is 13.3. The van der Waals surface area contributed by atoms with Crippen LogP contribution in [0.4, 0.5) is 0 Å². The van der Waals surface area contributed by atoms with Crippen molar-refractivity contribution in [3.05, 3.63) is 35.8 Å². The summed E-state index contributed by atoms with van der Waals surface area (Å²) >= 11 is 0. The number of piperidine rings is 1. The van der Waals surface area contributed by atoms with E-state index in [0.717, 1.165) is 54.5 Å². The van der Waals surface area contributed by atoms with E-state index in [1.165, 1.54) is 12.8 Å². The van der Waals surface area contributed by atoms with Crippen molar-refractivity contribution in [2.45, 2.75) is 37.3 Å². The molecule has 0 atom stereocenters. The lowest BCUT2D eigenvalue weighted by Crippen LogP contribution is -2.47. The molecule has 0 radical (unpaired) electrons. The molecule has 2 aromatic heterocycles. The number of nitrogens with one attached hydrogen (secondary N) is 1. The van der Waals surface area contributed by atoms with E-state index in [4.69, 9.17) is 4.74 Å². The molecule has 6 heteroatoms. The smallest absolute Gasteiger partial charge is 0.352 e. The highest BCUT2D eigenvalue weighted by molar-refractivity contribution is 5.89. The fourth-order valence-corrected chi connectivity index (χ4v) is 4.14. The average Bonchev–Trinajstić information content (AvgIpc) is 3.32. The van der Waals surface area contributed by atoms with E-state index < -0.39 is 11.6 Å². The molecule has 4 heterocycles. The van der Waals surface area contributed by atoms with Crippen LogP contribution >= 0.6 is 0 Å². The van der Waals surface area contributed by atoms with Crippen LogP contribution in [-0.4, -0.2) is 45.1 Å². The van der Waals surface area contributed by atoms with E-state index in [0.29, 0.717) is 0 Å². The van der Waals surface area contributed by atoms with Crippen LogP contribution in [0.5, 0.6) is 5.75 Å². The van der Waals surface area contributed by atoms with E-state index >= 15 is 0 Å². The molecule has 3 aliphatic rings. The molecule has 24 heavy (non-hydrogen) atoms. The summed E-state index contributed by atoms with van der Waals surface area (Å²) in [4.78, 5) is 21.3. The van der Waals surface area contributed by atoms with Crippen LogP contribution in [-0.2, 0) is 5.60 Å². The number of pyridine rings is 1. The van der Waals surface area contributed by atoms with Gasteiger partial charge in [-0.2, -0.15) is 0 Å². The Bertz CT molecular complexity index is 817. The number of hydrogen-bond acceptors (Lipinski definition) is 4. The lowest BCUT2D eigenvalue weighted by molar-refractivity contribution is -0.00702. The monoisotopic (exact) mass is 325 g/mol. The van der Waals surface area contributed by atoms with E-state index in [1.54, 1.807) is 18.5 Å². The van der Waals surface area contributed by atoms with Gasteiger partial charge in [-0.15, -0.1) is 0 Å². The molecule has 124 valence electrons. The summed E-state index contributed by atoms with van der Waals surface area (Å²) in [6, 6.07) is 4.39. The van der Waals surface area contributed by atoms with Crippen molar-refractivity contribution in [2.24, 2.45) is 0 Å². The number of fused-ring (bicyclic) bond motifs is 4. The number of H-pyrrole nitrogens is 1. The summed E-state index contributed by atoms with van der Waals surface area (Å²) in [5, 5.41) is 9.40. The maximum Gasteiger partial charge on any atom is 0.352 e. The summed E-state index contributed by atoms with van der Waals surface area (Å²) in [6.07, 6.45) is 7.80. The number of nitrogens with zero attached hydrogens (tertiary/aromatic N) is 2. The summed E-state index contributed by atoms with van der Waals surface area (Å²) in [7, 11) is 0. The second-order valence-electron chi connectivity index (χ2n) is 7.01.